The van der Waals surface area contributed by atoms with Crippen LogP contribution in [0, 0.1) is 10.1 Å². The maximum absolute atomic E-state index is 12.2. The van der Waals surface area contributed by atoms with Crippen molar-refractivity contribution < 1.29 is 9.72 Å². The number of anilines is 1. The number of carbonyl (C=O) groups excluding carboxylic acids is 1. The minimum absolute atomic E-state index is 0.0966. The van der Waals surface area contributed by atoms with Gasteiger partial charge in [-0.05, 0) is 33.8 Å². The SMILES string of the molecule is CCNc1ccc([N+](=O)[O-])cc1C(=O)NC(C)(C)C. The van der Waals surface area contributed by atoms with Gasteiger partial charge in [-0.3, -0.25) is 14.9 Å². The predicted octanol–water partition coefficient (Wildman–Crippen LogP) is 2.55. The van der Waals surface area contributed by atoms with Crippen molar-refractivity contribution in [2.75, 3.05) is 11.9 Å². The molecule has 1 rings (SSSR count). The summed E-state index contributed by atoms with van der Waals surface area (Å²) in [6.45, 7) is 8.10. The average molecular weight is 265 g/mol. The smallest absolute Gasteiger partial charge is 0.270 e. The molecule has 6 nitrogen and oxygen atoms in total. The van der Waals surface area contributed by atoms with Gasteiger partial charge in [0, 0.05) is 29.9 Å². The zero-order valence-electron chi connectivity index (χ0n) is 11.6. The highest BCUT2D eigenvalue weighted by Crippen LogP contribution is 2.22. The first-order chi connectivity index (χ1) is 8.74. The zero-order valence-corrected chi connectivity index (χ0v) is 11.6. The zero-order chi connectivity index (χ0) is 14.6. The number of benzene rings is 1. The lowest BCUT2D eigenvalue weighted by molar-refractivity contribution is -0.384. The molecule has 0 unspecified atom stereocenters. The van der Waals surface area contributed by atoms with Gasteiger partial charge < -0.3 is 10.6 Å². The van der Waals surface area contributed by atoms with Crippen LogP contribution in [0.15, 0.2) is 18.2 Å². The van der Waals surface area contributed by atoms with E-state index in [9.17, 15) is 14.9 Å². The Morgan fingerprint density at radius 2 is 2.00 bits per heavy atom. The van der Waals surface area contributed by atoms with E-state index in [4.69, 9.17) is 0 Å². The van der Waals surface area contributed by atoms with Gasteiger partial charge in [-0.15, -0.1) is 0 Å². The highest BCUT2D eigenvalue weighted by Gasteiger charge is 2.20. The molecule has 0 spiro atoms. The van der Waals surface area contributed by atoms with E-state index in [0.29, 0.717) is 12.2 Å². The van der Waals surface area contributed by atoms with Crippen molar-refractivity contribution in [3.63, 3.8) is 0 Å². The van der Waals surface area contributed by atoms with Crippen LogP contribution in [0.25, 0.3) is 0 Å². The van der Waals surface area contributed by atoms with Crippen LogP contribution >= 0.6 is 0 Å². The topological polar surface area (TPSA) is 84.3 Å². The summed E-state index contributed by atoms with van der Waals surface area (Å²) < 4.78 is 0. The summed E-state index contributed by atoms with van der Waals surface area (Å²) >= 11 is 0. The molecule has 0 saturated carbocycles. The van der Waals surface area contributed by atoms with Crippen molar-refractivity contribution >= 4 is 17.3 Å². The molecule has 0 heterocycles. The molecule has 0 bridgehead atoms. The molecule has 0 radical (unpaired) electrons. The van der Waals surface area contributed by atoms with Gasteiger partial charge >= 0.3 is 0 Å². The Morgan fingerprint density at radius 1 is 1.37 bits per heavy atom. The van der Waals surface area contributed by atoms with Gasteiger partial charge in [0.1, 0.15) is 0 Å². The molecule has 104 valence electrons. The lowest BCUT2D eigenvalue weighted by atomic mass is 10.1. The van der Waals surface area contributed by atoms with Crippen molar-refractivity contribution in [2.24, 2.45) is 0 Å². The lowest BCUT2D eigenvalue weighted by Crippen LogP contribution is -2.40. The van der Waals surface area contributed by atoms with Crippen LogP contribution in [0.4, 0.5) is 11.4 Å². The van der Waals surface area contributed by atoms with Crippen LogP contribution in [0.2, 0.25) is 0 Å². The molecular weight excluding hydrogens is 246 g/mol. The molecule has 0 aliphatic rings. The van der Waals surface area contributed by atoms with Crippen LogP contribution in [-0.4, -0.2) is 22.9 Å². The largest absolute Gasteiger partial charge is 0.385 e. The second kappa shape index (κ2) is 5.69. The number of rotatable bonds is 4. The van der Waals surface area contributed by atoms with Crippen LogP contribution in [0.1, 0.15) is 38.1 Å². The van der Waals surface area contributed by atoms with Crippen LogP contribution in [0.5, 0.6) is 0 Å². The molecule has 2 N–H and O–H groups in total. The van der Waals surface area contributed by atoms with Gasteiger partial charge in [-0.25, -0.2) is 0 Å². The van der Waals surface area contributed by atoms with Crippen molar-refractivity contribution in [3.8, 4) is 0 Å². The number of hydrogen-bond donors (Lipinski definition) is 2. The average Bonchev–Trinajstić information content (AvgIpc) is 2.27. The van der Waals surface area contributed by atoms with Gasteiger partial charge in [0.05, 0.1) is 10.5 Å². The van der Waals surface area contributed by atoms with Gasteiger partial charge in [-0.2, -0.15) is 0 Å². The van der Waals surface area contributed by atoms with Gasteiger partial charge in [0.25, 0.3) is 11.6 Å². The molecule has 0 aliphatic carbocycles. The summed E-state index contributed by atoms with van der Waals surface area (Å²) in [5.74, 6) is -0.327. The molecular formula is C13H19N3O3. The predicted molar refractivity (Wildman–Crippen MR) is 74.5 cm³/mol. The minimum atomic E-state index is -0.510. The number of amides is 1. The van der Waals surface area contributed by atoms with Crippen molar-refractivity contribution in [1.82, 2.24) is 5.32 Å². The third kappa shape index (κ3) is 4.24. The first-order valence-corrected chi connectivity index (χ1v) is 6.09. The Labute approximate surface area is 112 Å². The summed E-state index contributed by atoms with van der Waals surface area (Å²) in [6.07, 6.45) is 0. The Balaban J connectivity index is 3.16. The maximum atomic E-state index is 12.2. The minimum Gasteiger partial charge on any atom is -0.385 e. The summed E-state index contributed by atoms with van der Waals surface area (Å²) in [5, 5.41) is 16.6. The maximum Gasteiger partial charge on any atom is 0.270 e. The number of nitro groups is 1. The second-order valence-corrected chi connectivity index (χ2v) is 5.22. The van der Waals surface area contributed by atoms with E-state index in [-0.39, 0.29) is 17.2 Å². The molecule has 1 aromatic carbocycles. The quantitative estimate of drug-likeness (QED) is 0.647. The lowest BCUT2D eigenvalue weighted by Gasteiger charge is -2.21. The third-order valence-corrected chi connectivity index (χ3v) is 2.31. The second-order valence-electron chi connectivity index (χ2n) is 5.22. The number of non-ortho nitro benzene ring substituents is 1. The Hall–Kier alpha value is -2.11. The van der Waals surface area contributed by atoms with Crippen LogP contribution in [0.3, 0.4) is 0 Å². The highest BCUT2D eigenvalue weighted by atomic mass is 16.6. The number of hydrogen-bond acceptors (Lipinski definition) is 4. The number of nitrogens with zero attached hydrogens (tertiary/aromatic N) is 1. The molecule has 1 aromatic rings. The number of nitrogens with one attached hydrogen (secondary N) is 2. The Morgan fingerprint density at radius 3 is 2.47 bits per heavy atom. The van der Waals surface area contributed by atoms with Crippen LogP contribution in [-0.2, 0) is 0 Å². The molecule has 6 heteroatoms. The summed E-state index contributed by atoms with van der Waals surface area (Å²) in [7, 11) is 0. The molecule has 19 heavy (non-hydrogen) atoms. The first kappa shape index (κ1) is 14.9. The number of carbonyl (C=O) groups is 1. The molecule has 0 aromatic heterocycles. The fourth-order valence-electron chi connectivity index (χ4n) is 1.59. The van der Waals surface area contributed by atoms with E-state index in [1.807, 2.05) is 27.7 Å². The van der Waals surface area contributed by atoms with Crippen molar-refractivity contribution in [1.29, 1.82) is 0 Å². The normalized spacial score (nSPS) is 10.9. The fraction of sp³-hybridized carbons (Fsp3) is 0.462. The van der Waals surface area contributed by atoms with Gasteiger partial charge in [0.15, 0.2) is 0 Å². The fourth-order valence-corrected chi connectivity index (χ4v) is 1.59. The van der Waals surface area contributed by atoms with E-state index in [1.165, 1.54) is 12.1 Å². The third-order valence-electron chi connectivity index (χ3n) is 2.31. The van der Waals surface area contributed by atoms with E-state index in [1.54, 1.807) is 6.07 Å². The first-order valence-electron chi connectivity index (χ1n) is 6.09. The van der Waals surface area contributed by atoms with Gasteiger partial charge in [0.2, 0.25) is 0 Å². The molecule has 0 aliphatic heterocycles. The summed E-state index contributed by atoms with van der Waals surface area (Å²) in [6, 6.07) is 4.23. The molecule has 0 saturated heterocycles. The number of nitro benzene ring substituents is 1. The molecule has 0 fully saturated rings. The van der Waals surface area contributed by atoms with E-state index < -0.39 is 10.5 Å². The summed E-state index contributed by atoms with van der Waals surface area (Å²) in [5.41, 5.74) is 0.382. The van der Waals surface area contributed by atoms with E-state index in [2.05, 4.69) is 10.6 Å². The highest BCUT2D eigenvalue weighted by molar-refractivity contribution is 6.00. The van der Waals surface area contributed by atoms with E-state index >= 15 is 0 Å². The molecule has 0 atom stereocenters. The Kier molecular flexibility index (Phi) is 4.47. The van der Waals surface area contributed by atoms with Crippen molar-refractivity contribution in [3.05, 3.63) is 33.9 Å². The monoisotopic (exact) mass is 265 g/mol. The van der Waals surface area contributed by atoms with Crippen molar-refractivity contribution in [2.45, 2.75) is 33.2 Å². The Bertz CT molecular complexity index is 492. The standard InChI is InChI=1S/C13H19N3O3/c1-5-14-11-7-6-9(16(18)19)8-10(11)12(17)15-13(2,3)4/h6-8,14H,5H2,1-4H3,(H,15,17). The van der Waals surface area contributed by atoms with Gasteiger partial charge in [-0.1, -0.05) is 0 Å². The van der Waals surface area contributed by atoms with Crippen LogP contribution < -0.4 is 10.6 Å². The summed E-state index contributed by atoms with van der Waals surface area (Å²) in [4.78, 5) is 22.4. The molecule has 1 amide bonds. The van der Waals surface area contributed by atoms with E-state index in [0.717, 1.165) is 0 Å².